The molecule has 3 N–H and O–H groups in total. The summed E-state index contributed by atoms with van der Waals surface area (Å²) in [6.45, 7) is 2.27. The maximum Gasteiger partial charge on any atom is 0.303 e. The van der Waals surface area contributed by atoms with Gasteiger partial charge in [-0.25, -0.2) is 0 Å². The molecule has 0 aliphatic carbocycles. The number of ether oxygens (including phenoxy) is 1. The van der Waals surface area contributed by atoms with E-state index in [2.05, 4.69) is 10.2 Å². The van der Waals surface area contributed by atoms with Crippen molar-refractivity contribution in [1.82, 2.24) is 10.2 Å². The fraction of sp³-hybridized carbons (Fsp3) is 0.192. The van der Waals surface area contributed by atoms with E-state index in [1.165, 1.54) is 11.3 Å². The summed E-state index contributed by atoms with van der Waals surface area (Å²) in [4.78, 5) is 12.9. The van der Waals surface area contributed by atoms with Gasteiger partial charge >= 0.3 is 5.97 Å². The fourth-order valence-corrected chi connectivity index (χ4v) is 5.54. The van der Waals surface area contributed by atoms with Crippen molar-refractivity contribution in [2.75, 3.05) is 0 Å². The molecule has 1 aromatic heterocycles. The molecule has 180 valence electrons. The van der Waals surface area contributed by atoms with Crippen molar-refractivity contribution in [2.24, 2.45) is 5.73 Å². The Kier molecular flexibility index (Phi) is 8.07. The highest BCUT2D eigenvalue weighted by atomic mass is 35.5. The average Bonchev–Trinajstić information content (AvgIpc) is 3.34. The molecule has 35 heavy (non-hydrogen) atoms. The molecule has 4 aromatic rings. The standard InChI is InChI=1S/C26H24ClN3O3S2/c1-26(28,13-12-23(31)32)25-30-29-24(35-25)21-11-10-20(15-22(21)27)34-19-9-5-8-18(14-19)33-16-17-6-3-2-4-7-17/h2-11,14-15H,12-13,16,28H2,1H3,(H,31,32)/t26-/m0/s1. The molecular formula is C26H24ClN3O3S2. The van der Waals surface area contributed by atoms with Gasteiger partial charge in [0.25, 0.3) is 0 Å². The van der Waals surface area contributed by atoms with Crippen LogP contribution in [0.1, 0.15) is 30.3 Å². The second-order valence-corrected chi connectivity index (χ2v) is 10.7. The van der Waals surface area contributed by atoms with Gasteiger partial charge in [0.2, 0.25) is 0 Å². The maximum atomic E-state index is 10.9. The number of hydrogen-bond donors (Lipinski definition) is 2. The van der Waals surface area contributed by atoms with Crippen molar-refractivity contribution >= 4 is 40.7 Å². The summed E-state index contributed by atoms with van der Waals surface area (Å²) in [5.74, 6) is -0.0912. The quantitative estimate of drug-likeness (QED) is 0.240. The van der Waals surface area contributed by atoms with Gasteiger partial charge in [0.15, 0.2) is 0 Å². The minimum Gasteiger partial charge on any atom is -0.489 e. The van der Waals surface area contributed by atoms with Crippen molar-refractivity contribution in [3.63, 3.8) is 0 Å². The molecule has 0 spiro atoms. The van der Waals surface area contributed by atoms with Gasteiger partial charge in [0.1, 0.15) is 22.4 Å². The third kappa shape index (κ3) is 6.82. The highest BCUT2D eigenvalue weighted by Gasteiger charge is 2.27. The zero-order valence-electron chi connectivity index (χ0n) is 19.0. The van der Waals surface area contributed by atoms with E-state index in [4.69, 9.17) is 27.2 Å². The minimum atomic E-state index is -0.893. The van der Waals surface area contributed by atoms with E-state index in [-0.39, 0.29) is 12.8 Å². The summed E-state index contributed by atoms with van der Waals surface area (Å²) in [7, 11) is 0. The molecule has 0 radical (unpaired) electrons. The minimum absolute atomic E-state index is 0.0346. The van der Waals surface area contributed by atoms with E-state index in [0.717, 1.165) is 26.7 Å². The monoisotopic (exact) mass is 525 g/mol. The predicted molar refractivity (Wildman–Crippen MR) is 140 cm³/mol. The van der Waals surface area contributed by atoms with Gasteiger partial charge in [-0.15, -0.1) is 10.2 Å². The number of rotatable bonds is 10. The average molecular weight is 526 g/mol. The Morgan fingerprint density at radius 3 is 2.60 bits per heavy atom. The van der Waals surface area contributed by atoms with Crippen LogP contribution in [0, 0.1) is 0 Å². The zero-order valence-corrected chi connectivity index (χ0v) is 21.4. The molecule has 4 rings (SSSR count). The summed E-state index contributed by atoms with van der Waals surface area (Å²) < 4.78 is 5.94. The van der Waals surface area contributed by atoms with Crippen LogP contribution < -0.4 is 10.5 Å². The second-order valence-electron chi connectivity index (χ2n) is 8.22. The van der Waals surface area contributed by atoms with Crippen molar-refractivity contribution in [3.05, 3.63) is 88.4 Å². The summed E-state index contributed by atoms with van der Waals surface area (Å²) in [5, 5.41) is 19.2. The fourth-order valence-electron chi connectivity index (χ4n) is 3.27. The second kappa shape index (κ2) is 11.2. The lowest BCUT2D eigenvalue weighted by Crippen LogP contribution is -2.33. The first-order valence-corrected chi connectivity index (χ1v) is 12.9. The topological polar surface area (TPSA) is 98.3 Å². The Hall–Kier alpha value is -2.91. The first-order chi connectivity index (χ1) is 16.8. The van der Waals surface area contributed by atoms with E-state index in [0.29, 0.717) is 21.6 Å². The molecule has 0 aliphatic rings. The third-order valence-electron chi connectivity index (χ3n) is 5.23. The van der Waals surface area contributed by atoms with E-state index in [9.17, 15) is 4.79 Å². The lowest BCUT2D eigenvalue weighted by Gasteiger charge is -2.19. The van der Waals surface area contributed by atoms with Crippen LogP contribution in [0.2, 0.25) is 5.02 Å². The molecule has 0 saturated heterocycles. The highest BCUT2D eigenvalue weighted by Crippen LogP contribution is 2.38. The summed E-state index contributed by atoms with van der Waals surface area (Å²) in [6, 6.07) is 23.8. The number of aromatic nitrogens is 2. The maximum absolute atomic E-state index is 10.9. The SMILES string of the molecule is C[C@](N)(CCC(=O)O)c1nnc(-c2ccc(Sc3cccc(OCc4ccccc4)c3)cc2Cl)s1. The number of nitrogens with zero attached hydrogens (tertiary/aromatic N) is 2. The van der Waals surface area contributed by atoms with Crippen LogP contribution in [0.15, 0.2) is 82.6 Å². The molecule has 0 saturated carbocycles. The normalized spacial score (nSPS) is 12.8. The lowest BCUT2D eigenvalue weighted by atomic mass is 9.98. The van der Waals surface area contributed by atoms with Gasteiger partial charge in [-0.2, -0.15) is 0 Å². The Labute approximate surface area is 217 Å². The molecule has 0 aliphatic heterocycles. The predicted octanol–water partition coefficient (Wildman–Crippen LogP) is 6.63. The molecule has 9 heteroatoms. The van der Waals surface area contributed by atoms with Crippen LogP contribution in [0.5, 0.6) is 5.75 Å². The zero-order chi connectivity index (χ0) is 24.8. The van der Waals surface area contributed by atoms with Crippen LogP contribution in [0.25, 0.3) is 10.6 Å². The molecule has 0 amide bonds. The van der Waals surface area contributed by atoms with E-state index in [1.54, 1.807) is 18.7 Å². The molecule has 6 nitrogen and oxygen atoms in total. The first kappa shape index (κ1) is 25.2. The Bertz CT molecular complexity index is 1310. The number of carboxylic acid groups (broad SMARTS) is 1. The number of nitrogens with two attached hydrogens (primary N) is 1. The third-order valence-corrected chi connectivity index (χ3v) is 7.76. The van der Waals surface area contributed by atoms with Crippen molar-refractivity contribution in [1.29, 1.82) is 0 Å². The van der Waals surface area contributed by atoms with E-state index in [1.807, 2.05) is 72.8 Å². The Balaban J connectivity index is 1.44. The summed E-state index contributed by atoms with van der Waals surface area (Å²) >= 11 is 9.51. The van der Waals surface area contributed by atoms with Gasteiger partial charge in [-0.3, -0.25) is 4.79 Å². The van der Waals surface area contributed by atoms with Crippen molar-refractivity contribution in [2.45, 2.75) is 41.7 Å². The Morgan fingerprint density at radius 1 is 1.09 bits per heavy atom. The molecule has 3 aromatic carbocycles. The first-order valence-electron chi connectivity index (χ1n) is 10.9. The van der Waals surface area contributed by atoms with Gasteiger partial charge in [-0.1, -0.05) is 71.1 Å². The van der Waals surface area contributed by atoms with Crippen LogP contribution in [0.3, 0.4) is 0 Å². The summed E-state index contributed by atoms with van der Waals surface area (Å²) in [5.41, 5.74) is 7.29. The van der Waals surface area contributed by atoms with Crippen LogP contribution in [0.4, 0.5) is 0 Å². The smallest absolute Gasteiger partial charge is 0.303 e. The van der Waals surface area contributed by atoms with Gasteiger partial charge < -0.3 is 15.6 Å². The van der Waals surface area contributed by atoms with E-state index < -0.39 is 11.5 Å². The highest BCUT2D eigenvalue weighted by molar-refractivity contribution is 7.99. The number of halogens is 1. The van der Waals surface area contributed by atoms with E-state index >= 15 is 0 Å². The van der Waals surface area contributed by atoms with Crippen molar-refractivity contribution in [3.8, 4) is 16.3 Å². The lowest BCUT2D eigenvalue weighted by molar-refractivity contribution is -0.137. The van der Waals surface area contributed by atoms with Gasteiger partial charge in [0.05, 0.1) is 10.6 Å². The number of carboxylic acids is 1. The Morgan fingerprint density at radius 2 is 1.86 bits per heavy atom. The summed E-state index contributed by atoms with van der Waals surface area (Å²) in [6.07, 6.45) is 0.238. The number of hydrogen-bond acceptors (Lipinski definition) is 7. The van der Waals surface area contributed by atoms with Gasteiger partial charge in [0, 0.05) is 21.8 Å². The number of aliphatic carboxylic acids is 1. The van der Waals surface area contributed by atoms with Crippen LogP contribution in [-0.2, 0) is 16.9 Å². The number of benzene rings is 3. The van der Waals surface area contributed by atoms with Crippen molar-refractivity contribution < 1.29 is 14.6 Å². The number of carbonyl (C=O) groups is 1. The molecule has 1 heterocycles. The molecular weight excluding hydrogens is 502 g/mol. The van der Waals surface area contributed by atoms with Gasteiger partial charge in [-0.05, 0) is 55.3 Å². The van der Waals surface area contributed by atoms with Crippen LogP contribution in [-0.4, -0.2) is 21.3 Å². The van der Waals surface area contributed by atoms with Crippen LogP contribution >= 0.6 is 34.7 Å². The molecule has 1 atom stereocenters. The molecule has 0 fully saturated rings. The molecule has 0 bridgehead atoms. The molecule has 0 unspecified atom stereocenters. The largest absolute Gasteiger partial charge is 0.489 e.